The van der Waals surface area contributed by atoms with Gasteiger partial charge < -0.3 is 14.6 Å². The maximum absolute atomic E-state index is 14.1. The third-order valence-corrected chi connectivity index (χ3v) is 3.93. The third kappa shape index (κ3) is 3.39. The molecule has 0 saturated heterocycles. The number of ether oxygens (including phenoxy) is 1. The SMILES string of the molecule is COc1ccccc1N/C=C/c1onc(-c2c(F)cccc2Cl)c1C#N. The van der Waals surface area contributed by atoms with Crippen molar-refractivity contribution in [3.8, 4) is 23.1 Å². The minimum absolute atomic E-state index is 0.0341. The van der Waals surface area contributed by atoms with Gasteiger partial charge in [-0.25, -0.2) is 4.39 Å². The Kier molecular flexibility index (Phi) is 5.20. The van der Waals surface area contributed by atoms with E-state index < -0.39 is 5.82 Å². The summed E-state index contributed by atoms with van der Waals surface area (Å²) in [4.78, 5) is 0. The van der Waals surface area contributed by atoms with Crippen LogP contribution in [0.25, 0.3) is 17.3 Å². The van der Waals surface area contributed by atoms with E-state index in [9.17, 15) is 9.65 Å². The molecular formula is C19H13ClFN3O2. The van der Waals surface area contributed by atoms with E-state index in [0.717, 1.165) is 5.69 Å². The topological polar surface area (TPSA) is 71.1 Å². The molecule has 0 saturated carbocycles. The summed E-state index contributed by atoms with van der Waals surface area (Å²) in [6.07, 6.45) is 3.10. The Hall–Kier alpha value is -3.30. The molecule has 2 aromatic carbocycles. The molecule has 0 aliphatic carbocycles. The summed E-state index contributed by atoms with van der Waals surface area (Å²) in [5.41, 5.74) is 0.927. The maximum atomic E-state index is 14.1. The van der Waals surface area contributed by atoms with Crippen molar-refractivity contribution >= 4 is 23.4 Å². The van der Waals surface area contributed by atoms with Gasteiger partial charge in [0.25, 0.3) is 0 Å². The number of nitrogens with zero attached hydrogens (tertiary/aromatic N) is 2. The number of benzene rings is 2. The van der Waals surface area contributed by atoms with E-state index in [4.69, 9.17) is 20.9 Å². The second-order valence-electron chi connectivity index (χ2n) is 5.16. The second-order valence-corrected chi connectivity index (χ2v) is 5.56. The Morgan fingerprint density at radius 1 is 1.27 bits per heavy atom. The number of hydrogen-bond donors (Lipinski definition) is 1. The van der Waals surface area contributed by atoms with Crippen LogP contribution in [0.1, 0.15) is 11.3 Å². The summed E-state index contributed by atoms with van der Waals surface area (Å²) in [6.45, 7) is 0. The first kappa shape index (κ1) is 17.5. The first-order chi connectivity index (χ1) is 12.7. The molecule has 0 aliphatic rings. The van der Waals surface area contributed by atoms with Crippen LogP contribution in [0.5, 0.6) is 5.75 Å². The van der Waals surface area contributed by atoms with Crippen molar-refractivity contribution in [2.24, 2.45) is 0 Å². The van der Waals surface area contributed by atoms with Gasteiger partial charge in [-0.15, -0.1) is 0 Å². The lowest BCUT2D eigenvalue weighted by Crippen LogP contribution is -1.92. The molecule has 0 amide bonds. The van der Waals surface area contributed by atoms with Crippen LogP contribution in [0.15, 0.2) is 53.2 Å². The fourth-order valence-corrected chi connectivity index (χ4v) is 2.64. The highest BCUT2D eigenvalue weighted by Crippen LogP contribution is 2.33. The number of nitrogens with one attached hydrogen (secondary N) is 1. The summed E-state index contributed by atoms with van der Waals surface area (Å²) in [6, 6.07) is 13.6. The first-order valence-electron chi connectivity index (χ1n) is 7.56. The number of aromatic nitrogens is 1. The normalized spacial score (nSPS) is 10.7. The van der Waals surface area contributed by atoms with Crippen molar-refractivity contribution in [1.82, 2.24) is 5.16 Å². The van der Waals surface area contributed by atoms with E-state index in [-0.39, 0.29) is 27.6 Å². The van der Waals surface area contributed by atoms with Gasteiger partial charge in [-0.3, -0.25) is 0 Å². The van der Waals surface area contributed by atoms with Crippen molar-refractivity contribution in [2.75, 3.05) is 12.4 Å². The smallest absolute Gasteiger partial charge is 0.179 e. The standard InChI is InChI=1S/C19H13ClFN3O2/c1-25-17-8-3-2-7-15(17)23-10-9-16-12(11-22)19(24-26-16)18-13(20)5-4-6-14(18)21/h2-10,23H,1H3/b10-9+. The van der Waals surface area contributed by atoms with Crippen LogP contribution >= 0.6 is 11.6 Å². The van der Waals surface area contributed by atoms with E-state index in [1.165, 1.54) is 24.3 Å². The molecule has 7 heteroatoms. The van der Waals surface area contributed by atoms with Crippen LogP contribution in [-0.4, -0.2) is 12.3 Å². The Bertz CT molecular complexity index is 988. The molecule has 0 unspecified atom stereocenters. The van der Waals surface area contributed by atoms with Crippen LogP contribution in [-0.2, 0) is 0 Å². The highest BCUT2D eigenvalue weighted by molar-refractivity contribution is 6.33. The Morgan fingerprint density at radius 3 is 2.81 bits per heavy atom. The van der Waals surface area contributed by atoms with Gasteiger partial charge in [-0.1, -0.05) is 35.0 Å². The maximum Gasteiger partial charge on any atom is 0.179 e. The summed E-state index contributed by atoms with van der Waals surface area (Å²) in [5.74, 6) is 0.267. The minimum atomic E-state index is -0.579. The van der Waals surface area contributed by atoms with Gasteiger partial charge >= 0.3 is 0 Å². The van der Waals surface area contributed by atoms with Crippen molar-refractivity contribution in [1.29, 1.82) is 5.26 Å². The van der Waals surface area contributed by atoms with Crippen LogP contribution < -0.4 is 10.1 Å². The van der Waals surface area contributed by atoms with Gasteiger partial charge in [0.2, 0.25) is 0 Å². The molecule has 3 rings (SSSR count). The van der Waals surface area contributed by atoms with Gasteiger partial charge in [0.15, 0.2) is 5.76 Å². The lowest BCUT2D eigenvalue weighted by Gasteiger charge is -2.06. The van der Waals surface area contributed by atoms with Crippen molar-refractivity contribution in [2.45, 2.75) is 0 Å². The van der Waals surface area contributed by atoms with Crippen LogP contribution in [0.3, 0.4) is 0 Å². The molecule has 1 N–H and O–H groups in total. The average Bonchev–Trinajstić information content (AvgIpc) is 3.04. The lowest BCUT2D eigenvalue weighted by molar-refractivity contribution is 0.414. The second kappa shape index (κ2) is 7.72. The zero-order valence-electron chi connectivity index (χ0n) is 13.7. The molecule has 0 atom stereocenters. The van der Waals surface area contributed by atoms with Crippen LogP contribution in [0.4, 0.5) is 10.1 Å². The van der Waals surface area contributed by atoms with E-state index in [0.29, 0.717) is 5.75 Å². The Labute approximate surface area is 154 Å². The molecule has 1 aromatic heterocycles. The van der Waals surface area contributed by atoms with Gasteiger partial charge in [-0.2, -0.15) is 5.26 Å². The summed E-state index contributed by atoms with van der Waals surface area (Å²) < 4.78 is 24.5. The molecule has 130 valence electrons. The zero-order chi connectivity index (χ0) is 18.5. The van der Waals surface area contributed by atoms with Crippen molar-refractivity contribution in [3.05, 3.63) is 70.8 Å². The zero-order valence-corrected chi connectivity index (χ0v) is 14.4. The monoisotopic (exact) mass is 369 g/mol. The van der Waals surface area contributed by atoms with Crippen molar-refractivity contribution < 1.29 is 13.7 Å². The molecule has 1 heterocycles. The number of hydrogen-bond acceptors (Lipinski definition) is 5. The largest absolute Gasteiger partial charge is 0.495 e. The number of rotatable bonds is 5. The number of nitriles is 1. The molecule has 0 fully saturated rings. The number of halogens is 2. The summed E-state index contributed by atoms with van der Waals surface area (Å²) >= 11 is 6.04. The van der Waals surface area contributed by atoms with E-state index in [2.05, 4.69) is 10.5 Å². The highest BCUT2D eigenvalue weighted by atomic mass is 35.5. The Morgan fingerprint density at radius 2 is 2.08 bits per heavy atom. The molecule has 5 nitrogen and oxygen atoms in total. The fraction of sp³-hybridized carbons (Fsp3) is 0.0526. The highest BCUT2D eigenvalue weighted by Gasteiger charge is 2.21. The molecule has 0 aliphatic heterocycles. The molecule has 0 spiro atoms. The van der Waals surface area contributed by atoms with Gasteiger partial charge in [0, 0.05) is 12.3 Å². The van der Waals surface area contributed by atoms with Gasteiger partial charge in [0.05, 0.1) is 23.4 Å². The molecule has 0 bridgehead atoms. The van der Waals surface area contributed by atoms with E-state index >= 15 is 0 Å². The first-order valence-corrected chi connectivity index (χ1v) is 7.93. The van der Waals surface area contributed by atoms with Crippen LogP contribution in [0.2, 0.25) is 5.02 Å². The molecule has 0 radical (unpaired) electrons. The lowest BCUT2D eigenvalue weighted by atomic mass is 10.1. The Balaban J connectivity index is 1.91. The number of anilines is 1. The molecule has 26 heavy (non-hydrogen) atoms. The predicted molar refractivity (Wildman–Crippen MR) is 97.3 cm³/mol. The van der Waals surface area contributed by atoms with E-state index in [1.54, 1.807) is 13.3 Å². The third-order valence-electron chi connectivity index (χ3n) is 3.61. The quantitative estimate of drug-likeness (QED) is 0.677. The fourth-order valence-electron chi connectivity index (χ4n) is 2.39. The summed E-state index contributed by atoms with van der Waals surface area (Å²) in [5, 5.41) is 16.4. The minimum Gasteiger partial charge on any atom is -0.495 e. The average molecular weight is 370 g/mol. The van der Waals surface area contributed by atoms with Gasteiger partial charge in [-0.05, 0) is 24.3 Å². The van der Waals surface area contributed by atoms with E-state index in [1.807, 2.05) is 30.3 Å². The van der Waals surface area contributed by atoms with Gasteiger partial charge in [0.1, 0.15) is 28.9 Å². The number of para-hydroxylation sites is 2. The van der Waals surface area contributed by atoms with Crippen LogP contribution in [0, 0.1) is 17.1 Å². The van der Waals surface area contributed by atoms with Crippen molar-refractivity contribution in [3.63, 3.8) is 0 Å². The molecule has 3 aromatic rings. The molecular weight excluding hydrogens is 357 g/mol. The number of methoxy groups -OCH3 is 1. The summed E-state index contributed by atoms with van der Waals surface area (Å²) in [7, 11) is 1.57. The predicted octanol–water partition coefficient (Wildman–Crippen LogP) is 5.10.